The summed E-state index contributed by atoms with van der Waals surface area (Å²) in [4.78, 5) is 5.12. The van der Waals surface area contributed by atoms with Crippen molar-refractivity contribution in [3.8, 4) is 11.1 Å². The number of hydrogen-bond acceptors (Lipinski definition) is 2. The zero-order valence-electron chi connectivity index (χ0n) is 46.5. The standard InChI is InChI=1S/C70H84Br2N2/c1-10-14-18-20-21-23-39-70(57-41-49(5)40-54(46-57)26-22-19-15-11-2)66-47-62(73(60-31-27-58(71)28-32-60)68-50(6)42-55(24-16-12-3)43-51(68)7)35-37-64(66)65-38-36-63(48-67(65)70)74(61-33-29-59(72)30-34-61)69-52(8)44-56(25-17-13-4)45-53(69)9/h27-38,40-48H,10-26,39H2,1-9H3. The normalized spacial score (nSPS) is 12.5. The molecule has 0 radical (unpaired) electrons. The van der Waals surface area contributed by atoms with E-state index in [-0.39, 0.29) is 0 Å². The first kappa shape index (κ1) is 55.3. The van der Waals surface area contributed by atoms with Crippen LogP contribution in [0.2, 0.25) is 0 Å². The number of rotatable bonds is 25. The molecule has 0 spiro atoms. The zero-order chi connectivity index (χ0) is 52.4. The molecule has 0 heterocycles. The SMILES string of the molecule is CCCCCCCCC1(c2cc(C)cc(CCCCCC)c2)c2cc(N(c3ccc(Br)cc3)c3c(C)cc(CCCC)cc3C)ccc2-c2ccc(N(c3ccc(Br)cc3)c3c(C)cc(CCCC)cc3C)cc21. The Labute approximate surface area is 464 Å². The summed E-state index contributed by atoms with van der Waals surface area (Å²) in [6, 6.07) is 50.5. The zero-order valence-corrected chi connectivity index (χ0v) is 49.7. The summed E-state index contributed by atoms with van der Waals surface area (Å²) in [6.07, 6.45) is 21.7. The summed E-state index contributed by atoms with van der Waals surface area (Å²) in [5, 5.41) is 0. The molecule has 2 nitrogen and oxygen atoms in total. The maximum absolute atomic E-state index is 3.79. The Balaban J connectivity index is 1.40. The Hall–Kier alpha value is -4.90. The third-order valence-corrected chi connectivity index (χ3v) is 17.0. The summed E-state index contributed by atoms with van der Waals surface area (Å²) >= 11 is 7.58. The number of halogens is 2. The van der Waals surface area contributed by atoms with Crippen LogP contribution in [-0.4, -0.2) is 0 Å². The minimum atomic E-state index is -0.398. The second-order valence-corrected chi connectivity index (χ2v) is 23.7. The Bertz CT molecular complexity index is 2770. The van der Waals surface area contributed by atoms with E-state index in [1.54, 1.807) is 0 Å². The van der Waals surface area contributed by atoms with Crippen LogP contribution in [0.4, 0.5) is 34.1 Å². The van der Waals surface area contributed by atoms with Gasteiger partial charge in [-0.15, -0.1) is 0 Å². The second-order valence-electron chi connectivity index (χ2n) is 21.9. The summed E-state index contributed by atoms with van der Waals surface area (Å²) in [5.41, 5.74) is 24.8. The van der Waals surface area contributed by atoms with Crippen LogP contribution in [0.25, 0.3) is 11.1 Å². The minimum absolute atomic E-state index is 0.398. The first-order chi connectivity index (χ1) is 35.9. The highest BCUT2D eigenvalue weighted by molar-refractivity contribution is 9.10. The average molecular weight is 1110 g/mol. The largest absolute Gasteiger partial charge is 0.310 e. The van der Waals surface area contributed by atoms with Crippen molar-refractivity contribution in [1.82, 2.24) is 0 Å². The maximum Gasteiger partial charge on any atom is 0.0520 e. The van der Waals surface area contributed by atoms with Crippen LogP contribution in [0.1, 0.15) is 185 Å². The van der Waals surface area contributed by atoms with Gasteiger partial charge < -0.3 is 9.80 Å². The molecule has 0 saturated heterocycles. The van der Waals surface area contributed by atoms with Crippen molar-refractivity contribution in [2.45, 2.75) is 183 Å². The second kappa shape index (κ2) is 25.8. The summed E-state index contributed by atoms with van der Waals surface area (Å²) in [6.45, 7) is 20.9. The van der Waals surface area contributed by atoms with Gasteiger partial charge in [0.15, 0.2) is 0 Å². The van der Waals surface area contributed by atoms with Crippen LogP contribution >= 0.6 is 31.9 Å². The number of hydrogen-bond donors (Lipinski definition) is 0. The highest BCUT2D eigenvalue weighted by Crippen LogP contribution is 2.58. The van der Waals surface area contributed by atoms with E-state index in [0.29, 0.717) is 0 Å². The molecule has 0 bridgehead atoms. The fourth-order valence-corrected chi connectivity index (χ4v) is 12.9. The van der Waals surface area contributed by atoms with Crippen LogP contribution in [0, 0.1) is 34.6 Å². The molecule has 0 amide bonds. The van der Waals surface area contributed by atoms with Gasteiger partial charge in [-0.3, -0.25) is 0 Å². The smallest absolute Gasteiger partial charge is 0.0520 e. The van der Waals surface area contributed by atoms with E-state index in [1.807, 2.05) is 0 Å². The van der Waals surface area contributed by atoms with E-state index in [1.165, 1.54) is 190 Å². The molecule has 0 atom stereocenters. The van der Waals surface area contributed by atoms with Gasteiger partial charge in [0, 0.05) is 37.1 Å². The molecule has 1 aliphatic carbocycles. The van der Waals surface area contributed by atoms with Crippen LogP contribution in [0.5, 0.6) is 0 Å². The van der Waals surface area contributed by atoms with Crippen molar-refractivity contribution in [2.75, 3.05) is 9.80 Å². The Morgan fingerprint density at radius 2 is 0.743 bits per heavy atom. The van der Waals surface area contributed by atoms with Crippen molar-refractivity contribution in [3.05, 3.63) is 198 Å². The molecular formula is C70H84Br2N2. The number of nitrogens with zero attached hydrogens (tertiary/aromatic N) is 2. The van der Waals surface area contributed by atoms with Gasteiger partial charge in [-0.25, -0.2) is 0 Å². The van der Waals surface area contributed by atoms with Crippen molar-refractivity contribution in [3.63, 3.8) is 0 Å². The molecule has 0 unspecified atom stereocenters. The van der Waals surface area contributed by atoms with E-state index in [9.17, 15) is 0 Å². The molecule has 0 aliphatic heterocycles. The molecule has 0 N–H and O–H groups in total. The lowest BCUT2D eigenvalue weighted by molar-refractivity contribution is 0.506. The molecule has 0 aromatic heterocycles. The van der Waals surface area contributed by atoms with Gasteiger partial charge in [0.25, 0.3) is 0 Å². The quantitative estimate of drug-likeness (QED) is 0.0526. The highest BCUT2D eigenvalue weighted by atomic mass is 79.9. The van der Waals surface area contributed by atoms with Crippen LogP contribution in [0.15, 0.2) is 136 Å². The van der Waals surface area contributed by atoms with Gasteiger partial charge in [-0.2, -0.15) is 0 Å². The fraction of sp³-hybridized carbons (Fsp3) is 0.400. The van der Waals surface area contributed by atoms with E-state index in [0.717, 1.165) is 41.0 Å². The molecule has 74 heavy (non-hydrogen) atoms. The minimum Gasteiger partial charge on any atom is -0.310 e. The number of fused-ring (bicyclic) bond motifs is 3. The van der Waals surface area contributed by atoms with E-state index in [4.69, 9.17) is 0 Å². The lowest BCUT2D eigenvalue weighted by Gasteiger charge is -2.36. The van der Waals surface area contributed by atoms with Crippen molar-refractivity contribution >= 4 is 66.0 Å². The highest BCUT2D eigenvalue weighted by Gasteiger charge is 2.45. The molecular weight excluding hydrogens is 1030 g/mol. The summed E-state index contributed by atoms with van der Waals surface area (Å²) in [5.74, 6) is 0. The Morgan fingerprint density at radius 1 is 0.365 bits per heavy atom. The van der Waals surface area contributed by atoms with Crippen molar-refractivity contribution in [2.24, 2.45) is 0 Å². The predicted octanol–water partition coefficient (Wildman–Crippen LogP) is 22.6. The summed E-state index contributed by atoms with van der Waals surface area (Å²) in [7, 11) is 0. The molecule has 4 heteroatoms. The Kier molecular flexibility index (Phi) is 19.3. The number of aryl methyl sites for hydroxylation is 8. The maximum atomic E-state index is 3.79. The molecule has 1 aliphatic rings. The lowest BCUT2D eigenvalue weighted by atomic mass is 9.68. The fourth-order valence-electron chi connectivity index (χ4n) is 12.4. The number of benzene rings is 7. The first-order valence-corrected chi connectivity index (χ1v) is 30.2. The van der Waals surface area contributed by atoms with Gasteiger partial charge >= 0.3 is 0 Å². The van der Waals surface area contributed by atoms with Gasteiger partial charge in [0.05, 0.1) is 11.4 Å². The first-order valence-electron chi connectivity index (χ1n) is 28.6. The van der Waals surface area contributed by atoms with E-state index >= 15 is 0 Å². The topological polar surface area (TPSA) is 6.48 Å². The van der Waals surface area contributed by atoms with E-state index in [2.05, 4.69) is 231 Å². The van der Waals surface area contributed by atoms with Crippen LogP contribution in [0.3, 0.4) is 0 Å². The third-order valence-electron chi connectivity index (χ3n) is 15.9. The van der Waals surface area contributed by atoms with Gasteiger partial charge in [0.1, 0.15) is 0 Å². The molecule has 8 rings (SSSR count). The van der Waals surface area contributed by atoms with Crippen molar-refractivity contribution < 1.29 is 0 Å². The van der Waals surface area contributed by atoms with Crippen LogP contribution < -0.4 is 9.80 Å². The van der Waals surface area contributed by atoms with E-state index < -0.39 is 5.41 Å². The van der Waals surface area contributed by atoms with Gasteiger partial charge in [-0.05, 0) is 219 Å². The average Bonchev–Trinajstić information content (AvgIpc) is 3.69. The van der Waals surface area contributed by atoms with Crippen LogP contribution in [-0.2, 0) is 24.7 Å². The van der Waals surface area contributed by atoms with Gasteiger partial charge in [0.2, 0.25) is 0 Å². The molecule has 388 valence electrons. The monoisotopic (exact) mass is 1110 g/mol. The van der Waals surface area contributed by atoms with Gasteiger partial charge in [-0.1, -0.05) is 190 Å². The lowest BCUT2D eigenvalue weighted by Crippen LogP contribution is -2.28. The molecule has 0 saturated carbocycles. The number of anilines is 6. The molecule has 0 fully saturated rings. The molecule has 7 aromatic carbocycles. The summed E-state index contributed by atoms with van der Waals surface area (Å²) < 4.78 is 2.17. The Morgan fingerprint density at radius 3 is 1.19 bits per heavy atom. The molecule has 7 aromatic rings. The number of unbranched alkanes of at least 4 members (excludes halogenated alkanes) is 10. The third kappa shape index (κ3) is 12.3. The predicted molar refractivity (Wildman–Crippen MR) is 330 cm³/mol. The van der Waals surface area contributed by atoms with Crippen molar-refractivity contribution in [1.29, 1.82) is 0 Å².